The van der Waals surface area contributed by atoms with E-state index >= 15 is 0 Å². The van der Waals surface area contributed by atoms with E-state index in [1.807, 2.05) is 0 Å². The number of benzene rings is 1. The average molecular weight is 273 g/mol. The van der Waals surface area contributed by atoms with Gasteiger partial charge in [-0.15, -0.1) is 5.92 Å². The fraction of sp³-hybridized carbons (Fsp3) is 0.471. The van der Waals surface area contributed by atoms with Crippen molar-refractivity contribution in [2.75, 3.05) is 13.7 Å². The van der Waals surface area contributed by atoms with E-state index in [2.05, 4.69) is 44.7 Å². The Kier molecular flexibility index (Phi) is 5.64. The van der Waals surface area contributed by atoms with Gasteiger partial charge in [-0.05, 0) is 51.3 Å². The van der Waals surface area contributed by atoms with E-state index in [9.17, 15) is 4.79 Å². The molecule has 0 bridgehead atoms. The molecule has 1 aromatic rings. The second-order valence-corrected chi connectivity index (χ2v) is 4.92. The second kappa shape index (κ2) is 7.00. The monoisotopic (exact) mass is 273 g/mol. The Hall–Kier alpha value is -1.95. The van der Waals surface area contributed by atoms with E-state index in [1.165, 1.54) is 5.56 Å². The van der Waals surface area contributed by atoms with Gasteiger partial charge in [-0.1, -0.05) is 23.6 Å². The number of aryl methyl sites for hydroxylation is 3. The molecule has 0 fully saturated rings. The first-order valence-corrected chi connectivity index (χ1v) is 6.82. The number of rotatable bonds is 3. The van der Waals surface area contributed by atoms with Gasteiger partial charge in [-0.25, -0.2) is 4.79 Å². The van der Waals surface area contributed by atoms with Crippen molar-refractivity contribution in [1.29, 1.82) is 0 Å². The SMILES string of the molecule is CC#CC(c1c(C)cc(C)cc1C)N(C)C(=O)OCC. The molecule has 0 radical (unpaired) electrons. The molecule has 3 nitrogen and oxygen atoms in total. The van der Waals surface area contributed by atoms with Crippen molar-refractivity contribution >= 4 is 6.09 Å². The lowest BCUT2D eigenvalue weighted by Gasteiger charge is -2.26. The molecule has 0 aromatic heterocycles. The van der Waals surface area contributed by atoms with E-state index in [-0.39, 0.29) is 12.1 Å². The molecule has 0 heterocycles. The van der Waals surface area contributed by atoms with Crippen molar-refractivity contribution in [1.82, 2.24) is 4.90 Å². The average Bonchev–Trinajstić information content (AvgIpc) is 2.36. The molecule has 0 aliphatic rings. The van der Waals surface area contributed by atoms with Gasteiger partial charge in [-0.3, -0.25) is 4.90 Å². The summed E-state index contributed by atoms with van der Waals surface area (Å²) in [6.07, 6.45) is -0.348. The third-order valence-corrected chi connectivity index (χ3v) is 3.24. The third-order valence-electron chi connectivity index (χ3n) is 3.24. The normalized spacial score (nSPS) is 11.3. The van der Waals surface area contributed by atoms with Gasteiger partial charge in [-0.2, -0.15) is 0 Å². The molecular weight excluding hydrogens is 250 g/mol. The summed E-state index contributed by atoms with van der Waals surface area (Å²) in [6, 6.07) is 3.96. The molecule has 0 N–H and O–H groups in total. The van der Waals surface area contributed by atoms with Gasteiger partial charge in [0.2, 0.25) is 0 Å². The van der Waals surface area contributed by atoms with Crippen LogP contribution in [-0.4, -0.2) is 24.6 Å². The highest BCUT2D eigenvalue weighted by atomic mass is 16.6. The van der Waals surface area contributed by atoms with Crippen molar-refractivity contribution in [3.05, 3.63) is 34.4 Å². The highest BCUT2D eigenvalue weighted by molar-refractivity contribution is 5.69. The molecular formula is C17H23NO2. The predicted molar refractivity (Wildman–Crippen MR) is 81.6 cm³/mol. The molecule has 1 amide bonds. The maximum absolute atomic E-state index is 12.0. The fourth-order valence-corrected chi connectivity index (χ4v) is 2.45. The highest BCUT2D eigenvalue weighted by Gasteiger charge is 2.23. The lowest BCUT2D eigenvalue weighted by Crippen LogP contribution is -2.32. The molecule has 0 saturated carbocycles. The minimum Gasteiger partial charge on any atom is -0.450 e. The quantitative estimate of drug-likeness (QED) is 0.785. The summed E-state index contributed by atoms with van der Waals surface area (Å²) >= 11 is 0. The first kappa shape index (κ1) is 16.1. The molecule has 1 aromatic carbocycles. The number of hydrogen-bond acceptors (Lipinski definition) is 2. The van der Waals surface area contributed by atoms with Gasteiger partial charge in [0.05, 0.1) is 6.61 Å². The zero-order valence-corrected chi connectivity index (χ0v) is 13.2. The molecule has 108 valence electrons. The molecule has 0 aliphatic heterocycles. The van der Waals surface area contributed by atoms with Crippen molar-refractivity contribution in [3.8, 4) is 11.8 Å². The van der Waals surface area contributed by atoms with Gasteiger partial charge in [0, 0.05) is 7.05 Å². The van der Waals surface area contributed by atoms with Crippen LogP contribution in [0.4, 0.5) is 4.79 Å². The summed E-state index contributed by atoms with van der Waals surface area (Å²) in [4.78, 5) is 13.5. The lowest BCUT2D eigenvalue weighted by atomic mass is 9.93. The second-order valence-electron chi connectivity index (χ2n) is 4.92. The van der Waals surface area contributed by atoms with Crippen LogP contribution < -0.4 is 0 Å². The zero-order chi connectivity index (χ0) is 15.3. The van der Waals surface area contributed by atoms with Crippen molar-refractivity contribution < 1.29 is 9.53 Å². The summed E-state index contributed by atoms with van der Waals surface area (Å²) in [5.74, 6) is 6.03. The lowest BCUT2D eigenvalue weighted by molar-refractivity contribution is 0.109. The molecule has 0 spiro atoms. The minimum absolute atomic E-state index is 0.278. The van der Waals surface area contributed by atoms with Crippen LogP contribution in [0.5, 0.6) is 0 Å². The van der Waals surface area contributed by atoms with E-state index in [4.69, 9.17) is 4.74 Å². The largest absolute Gasteiger partial charge is 0.450 e. The van der Waals surface area contributed by atoms with Gasteiger partial charge in [0.15, 0.2) is 0 Å². The van der Waals surface area contributed by atoms with Crippen LogP contribution in [0.15, 0.2) is 12.1 Å². The van der Waals surface area contributed by atoms with Crippen molar-refractivity contribution in [3.63, 3.8) is 0 Å². The van der Waals surface area contributed by atoms with Crippen LogP contribution in [0.3, 0.4) is 0 Å². The van der Waals surface area contributed by atoms with Crippen LogP contribution in [-0.2, 0) is 4.74 Å². The maximum atomic E-state index is 12.0. The molecule has 20 heavy (non-hydrogen) atoms. The first-order chi connectivity index (χ1) is 9.42. The van der Waals surface area contributed by atoms with Crippen LogP contribution >= 0.6 is 0 Å². The molecule has 3 heteroatoms. The topological polar surface area (TPSA) is 29.5 Å². The number of carbonyl (C=O) groups is 1. The number of nitrogens with zero attached hydrogens (tertiary/aromatic N) is 1. The standard InChI is InChI=1S/C17H23NO2/c1-7-9-15(18(6)17(19)20-8-2)16-13(4)10-12(3)11-14(16)5/h10-11,15H,8H2,1-6H3. The summed E-state index contributed by atoms with van der Waals surface area (Å²) in [6.45, 7) is 10.1. The van der Waals surface area contributed by atoms with Crippen molar-refractivity contribution in [2.45, 2.75) is 40.7 Å². The Morgan fingerprint density at radius 3 is 2.30 bits per heavy atom. The molecule has 0 aliphatic carbocycles. The number of amides is 1. The number of ether oxygens (including phenoxy) is 1. The van der Waals surface area contributed by atoms with Gasteiger partial charge >= 0.3 is 6.09 Å². The van der Waals surface area contributed by atoms with Crippen LogP contribution in [0.1, 0.15) is 42.1 Å². The van der Waals surface area contributed by atoms with Crippen LogP contribution in [0, 0.1) is 32.6 Å². The molecule has 1 unspecified atom stereocenters. The smallest absolute Gasteiger partial charge is 0.410 e. The maximum Gasteiger partial charge on any atom is 0.410 e. The predicted octanol–water partition coefficient (Wildman–Crippen LogP) is 3.76. The summed E-state index contributed by atoms with van der Waals surface area (Å²) in [5, 5.41) is 0. The number of hydrogen-bond donors (Lipinski definition) is 0. The third kappa shape index (κ3) is 3.54. The van der Waals surface area contributed by atoms with E-state index in [0.717, 1.165) is 16.7 Å². The van der Waals surface area contributed by atoms with Gasteiger partial charge in [0.1, 0.15) is 6.04 Å². The minimum atomic E-state index is -0.348. The Labute approximate surface area is 121 Å². The fourth-order valence-electron chi connectivity index (χ4n) is 2.45. The van der Waals surface area contributed by atoms with Crippen molar-refractivity contribution in [2.24, 2.45) is 0 Å². The highest BCUT2D eigenvalue weighted by Crippen LogP contribution is 2.27. The van der Waals surface area contributed by atoms with Gasteiger partial charge in [0.25, 0.3) is 0 Å². The molecule has 0 saturated heterocycles. The Morgan fingerprint density at radius 1 is 1.30 bits per heavy atom. The summed E-state index contributed by atoms with van der Waals surface area (Å²) in [5.41, 5.74) is 4.59. The summed E-state index contributed by atoms with van der Waals surface area (Å²) < 4.78 is 5.08. The van der Waals surface area contributed by atoms with E-state index in [0.29, 0.717) is 6.61 Å². The van der Waals surface area contributed by atoms with Crippen LogP contribution in [0.25, 0.3) is 0 Å². The molecule has 1 atom stereocenters. The Balaban J connectivity index is 3.27. The van der Waals surface area contributed by atoms with E-state index in [1.54, 1.807) is 25.8 Å². The first-order valence-electron chi connectivity index (χ1n) is 6.82. The van der Waals surface area contributed by atoms with E-state index < -0.39 is 0 Å². The zero-order valence-electron chi connectivity index (χ0n) is 13.2. The van der Waals surface area contributed by atoms with Crippen LogP contribution in [0.2, 0.25) is 0 Å². The Morgan fingerprint density at radius 2 is 1.85 bits per heavy atom. The summed E-state index contributed by atoms with van der Waals surface area (Å²) in [7, 11) is 1.73. The Bertz CT molecular complexity index is 529. The van der Waals surface area contributed by atoms with Gasteiger partial charge < -0.3 is 4.74 Å². The number of carbonyl (C=O) groups excluding carboxylic acids is 1. The molecule has 1 rings (SSSR count).